The van der Waals surface area contributed by atoms with E-state index in [2.05, 4.69) is 24.8 Å². The Labute approximate surface area is 157 Å². The van der Waals surface area contributed by atoms with Crippen molar-refractivity contribution in [3.63, 3.8) is 0 Å². The van der Waals surface area contributed by atoms with Gasteiger partial charge >= 0.3 is 6.18 Å². The van der Waals surface area contributed by atoms with Crippen molar-refractivity contribution in [3.8, 4) is 0 Å². The lowest BCUT2D eigenvalue weighted by Gasteiger charge is -2.13. The average molecular weight is 372 g/mol. The lowest BCUT2D eigenvalue weighted by Crippen LogP contribution is -2.04. The molecule has 3 rings (SSSR count). The van der Waals surface area contributed by atoms with Crippen LogP contribution >= 0.6 is 0 Å². The Balaban J connectivity index is 1.63. The number of allylic oxidation sites excluding steroid dienone is 1. The molecule has 2 aromatic carbocycles. The highest BCUT2D eigenvalue weighted by atomic mass is 19.4. The molecule has 1 aliphatic rings. The molecule has 0 aliphatic heterocycles. The van der Waals surface area contributed by atoms with Crippen molar-refractivity contribution in [2.75, 3.05) is 0 Å². The quantitative estimate of drug-likeness (QED) is 0.540. The van der Waals surface area contributed by atoms with Gasteiger partial charge in [-0.2, -0.15) is 13.2 Å². The maximum Gasteiger partial charge on any atom is 0.416 e. The van der Waals surface area contributed by atoms with Crippen LogP contribution < -0.4 is 0 Å². The molecule has 0 bridgehead atoms. The van der Waals surface area contributed by atoms with E-state index >= 15 is 0 Å². The van der Waals surface area contributed by atoms with E-state index in [1.54, 1.807) is 12.1 Å². The first-order valence-corrected chi connectivity index (χ1v) is 9.30. The second kappa shape index (κ2) is 8.12. The van der Waals surface area contributed by atoms with Crippen LogP contribution in [0.5, 0.6) is 0 Å². The van der Waals surface area contributed by atoms with Crippen molar-refractivity contribution >= 4 is 5.78 Å². The summed E-state index contributed by atoms with van der Waals surface area (Å²) in [4.78, 5) is 11.4. The smallest absolute Gasteiger partial charge is 0.295 e. The summed E-state index contributed by atoms with van der Waals surface area (Å²) in [6.07, 6.45) is 2.06. The standard InChI is InChI=1S/C23H23F3O/c1-2-21(27)14-7-17-4-9-19-11-10-18(22(19)15-17)8-3-16-5-12-20(13-6-16)23(24,25)26/h2,4-6,9,12-13,15,18H,1,3,7-8,10-11,14H2. The van der Waals surface area contributed by atoms with Gasteiger partial charge in [0.25, 0.3) is 0 Å². The Morgan fingerprint density at radius 3 is 2.44 bits per heavy atom. The molecule has 0 N–H and O–H groups in total. The molecule has 1 atom stereocenters. The van der Waals surface area contributed by atoms with Crippen molar-refractivity contribution in [1.29, 1.82) is 0 Å². The molecule has 1 unspecified atom stereocenters. The van der Waals surface area contributed by atoms with Gasteiger partial charge in [-0.25, -0.2) is 0 Å². The largest absolute Gasteiger partial charge is 0.416 e. The van der Waals surface area contributed by atoms with Gasteiger partial charge < -0.3 is 0 Å². The molecule has 0 fully saturated rings. The monoisotopic (exact) mass is 372 g/mol. The van der Waals surface area contributed by atoms with Crippen LogP contribution in [0.3, 0.4) is 0 Å². The van der Waals surface area contributed by atoms with Crippen LogP contribution in [0.25, 0.3) is 0 Å². The predicted molar refractivity (Wildman–Crippen MR) is 101 cm³/mol. The maximum atomic E-state index is 12.7. The molecule has 0 aromatic heterocycles. The van der Waals surface area contributed by atoms with E-state index in [0.29, 0.717) is 18.8 Å². The van der Waals surface area contributed by atoms with E-state index in [0.717, 1.165) is 48.9 Å². The first-order valence-electron chi connectivity index (χ1n) is 9.30. The van der Waals surface area contributed by atoms with E-state index < -0.39 is 11.7 Å². The molecular formula is C23H23F3O. The van der Waals surface area contributed by atoms with E-state index in [9.17, 15) is 18.0 Å². The number of alkyl halides is 3. The fourth-order valence-corrected chi connectivity index (χ4v) is 3.76. The molecule has 142 valence electrons. The molecule has 1 nitrogen and oxygen atoms in total. The zero-order chi connectivity index (χ0) is 19.4. The summed E-state index contributed by atoms with van der Waals surface area (Å²) < 4.78 is 38.0. The lowest BCUT2D eigenvalue weighted by molar-refractivity contribution is -0.137. The zero-order valence-corrected chi connectivity index (χ0v) is 15.2. The van der Waals surface area contributed by atoms with Crippen molar-refractivity contribution in [2.24, 2.45) is 0 Å². The van der Waals surface area contributed by atoms with E-state index in [1.807, 2.05) is 0 Å². The van der Waals surface area contributed by atoms with Crippen molar-refractivity contribution in [1.82, 2.24) is 0 Å². The molecule has 0 saturated heterocycles. The Bertz CT molecular complexity index is 819. The van der Waals surface area contributed by atoms with E-state index in [1.165, 1.54) is 17.2 Å². The van der Waals surface area contributed by atoms with Crippen LogP contribution in [0.2, 0.25) is 0 Å². The molecule has 0 saturated carbocycles. The molecule has 0 spiro atoms. The second-order valence-corrected chi connectivity index (χ2v) is 7.17. The number of aryl methyl sites for hydroxylation is 3. The van der Waals surface area contributed by atoms with Crippen molar-refractivity contribution in [2.45, 2.75) is 50.6 Å². The van der Waals surface area contributed by atoms with Crippen LogP contribution in [0, 0.1) is 0 Å². The third-order valence-corrected chi connectivity index (χ3v) is 5.36. The molecule has 27 heavy (non-hydrogen) atoms. The number of hydrogen-bond donors (Lipinski definition) is 0. The molecular weight excluding hydrogens is 349 g/mol. The van der Waals surface area contributed by atoms with Crippen molar-refractivity contribution in [3.05, 3.63) is 82.9 Å². The fourth-order valence-electron chi connectivity index (χ4n) is 3.76. The molecule has 0 radical (unpaired) electrons. The van der Waals surface area contributed by atoms with E-state index in [-0.39, 0.29) is 5.78 Å². The van der Waals surface area contributed by atoms with Crippen LogP contribution in [-0.4, -0.2) is 5.78 Å². The summed E-state index contributed by atoms with van der Waals surface area (Å²) in [5.41, 5.74) is 4.18. The Morgan fingerprint density at radius 2 is 1.78 bits per heavy atom. The molecule has 0 amide bonds. The van der Waals surface area contributed by atoms with Gasteiger partial charge in [-0.3, -0.25) is 4.79 Å². The minimum absolute atomic E-state index is 0.0503. The summed E-state index contributed by atoms with van der Waals surface area (Å²) in [7, 11) is 0. The third-order valence-electron chi connectivity index (χ3n) is 5.36. The van der Waals surface area contributed by atoms with Gasteiger partial charge in [-0.1, -0.05) is 36.9 Å². The molecule has 2 aromatic rings. The highest BCUT2D eigenvalue weighted by Gasteiger charge is 2.30. The Morgan fingerprint density at radius 1 is 1.07 bits per heavy atom. The SMILES string of the molecule is C=CC(=O)CCc1ccc2c(c1)C(CCc1ccc(C(F)(F)F)cc1)CC2. The number of halogens is 3. The van der Waals surface area contributed by atoms with Crippen LogP contribution in [0.15, 0.2) is 55.1 Å². The summed E-state index contributed by atoms with van der Waals surface area (Å²) in [6, 6.07) is 11.9. The fraction of sp³-hybridized carbons (Fsp3) is 0.348. The number of ketones is 1. The minimum Gasteiger partial charge on any atom is -0.295 e. The van der Waals surface area contributed by atoms with Crippen LogP contribution in [0.4, 0.5) is 13.2 Å². The molecule has 0 heterocycles. The zero-order valence-electron chi connectivity index (χ0n) is 15.2. The first kappa shape index (κ1) is 19.4. The van der Waals surface area contributed by atoms with Crippen LogP contribution in [0.1, 0.15) is 53.0 Å². The summed E-state index contributed by atoms with van der Waals surface area (Å²) in [5, 5.41) is 0. The van der Waals surface area contributed by atoms with Gasteiger partial charge in [0.2, 0.25) is 0 Å². The number of fused-ring (bicyclic) bond motifs is 1. The lowest BCUT2D eigenvalue weighted by atomic mass is 9.92. The normalized spacial score (nSPS) is 16.2. The van der Waals surface area contributed by atoms with Gasteiger partial charge in [0.15, 0.2) is 5.78 Å². The number of carbonyl (C=O) groups is 1. The summed E-state index contributed by atoms with van der Waals surface area (Å²) in [6.45, 7) is 3.50. The van der Waals surface area contributed by atoms with Gasteiger partial charge in [0.05, 0.1) is 5.56 Å². The van der Waals surface area contributed by atoms with Gasteiger partial charge in [0, 0.05) is 6.42 Å². The maximum absolute atomic E-state index is 12.7. The summed E-state index contributed by atoms with van der Waals surface area (Å²) in [5.74, 6) is 0.478. The Hall–Kier alpha value is -2.36. The number of rotatable bonds is 7. The topological polar surface area (TPSA) is 17.1 Å². The van der Waals surface area contributed by atoms with Crippen molar-refractivity contribution < 1.29 is 18.0 Å². The molecule has 4 heteroatoms. The highest BCUT2D eigenvalue weighted by molar-refractivity contribution is 5.89. The second-order valence-electron chi connectivity index (χ2n) is 7.17. The predicted octanol–water partition coefficient (Wildman–Crippen LogP) is 6.06. The number of carbonyl (C=O) groups excluding carboxylic acids is 1. The van der Waals surface area contributed by atoms with Crippen LogP contribution in [-0.2, 0) is 30.2 Å². The average Bonchev–Trinajstić information content (AvgIpc) is 3.06. The Kier molecular flexibility index (Phi) is 5.83. The van der Waals surface area contributed by atoms with Gasteiger partial charge in [0.1, 0.15) is 0 Å². The molecule has 1 aliphatic carbocycles. The number of benzene rings is 2. The highest BCUT2D eigenvalue weighted by Crippen LogP contribution is 2.37. The van der Waals surface area contributed by atoms with Gasteiger partial charge in [-0.15, -0.1) is 0 Å². The van der Waals surface area contributed by atoms with E-state index in [4.69, 9.17) is 0 Å². The third kappa shape index (κ3) is 4.88. The van der Waals surface area contributed by atoms with Gasteiger partial charge in [-0.05, 0) is 78.5 Å². The minimum atomic E-state index is -4.29. The first-order chi connectivity index (χ1) is 12.9. The number of hydrogen-bond acceptors (Lipinski definition) is 1. The summed E-state index contributed by atoms with van der Waals surface area (Å²) >= 11 is 0.